The quantitative estimate of drug-likeness (QED) is 0.246. The third-order valence-electron chi connectivity index (χ3n) is 7.35. The van der Waals surface area contributed by atoms with E-state index in [1.54, 1.807) is 0 Å². The van der Waals surface area contributed by atoms with E-state index in [0.717, 1.165) is 50.2 Å². The number of nitrogens with zero attached hydrogens (tertiary/aromatic N) is 3. The lowest BCUT2D eigenvalue weighted by atomic mass is 10.0. The van der Waals surface area contributed by atoms with Gasteiger partial charge in [-0.05, 0) is 80.8 Å². The molecule has 0 aliphatic rings. The highest BCUT2D eigenvalue weighted by atomic mass is 16.4. The van der Waals surface area contributed by atoms with E-state index in [9.17, 15) is 0 Å². The molecule has 3 aromatic carbocycles. The van der Waals surface area contributed by atoms with Crippen molar-refractivity contribution >= 4 is 44.3 Å². The van der Waals surface area contributed by atoms with E-state index in [-0.39, 0.29) is 0 Å². The SMILES string of the molecule is Cc1ccc2c(n1)oc1c3cc(C)c(-c4n(-c5c(C)cccc5C)c5ccccc5[n+]4C)cc3oc21. The van der Waals surface area contributed by atoms with Crippen molar-refractivity contribution in [3.05, 3.63) is 89.1 Å². The van der Waals surface area contributed by atoms with E-state index >= 15 is 0 Å². The fraction of sp³-hybridized carbons (Fsp3) is 0.161. The molecule has 0 spiro atoms. The lowest BCUT2D eigenvalue weighted by Crippen LogP contribution is -2.30. The van der Waals surface area contributed by atoms with Crippen molar-refractivity contribution in [2.75, 3.05) is 0 Å². The molecule has 0 radical (unpaired) electrons. The molecule has 0 bridgehead atoms. The molecule has 0 aliphatic carbocycles. The second kappa shape index (κ2) is 7.31. The fourth-order valence-electron chi connectivity index (χ4n) is 5.63. The van der Waals surface area contributed by atoms with Gasteiger partial charge in [-0.3, -0.25) is 0 Å². The van der Waals surface area contributed by atoms with Crippen LogP contribution in [0, 0.1) is 27.7 Å². The molecule has 0 atom stereocenters. The van der Waals surface area contributed by atoms with Crippen molar-refractivity contribution in [2.24, 2.45) is 7.05 Å². The number of aryl methyl sites for hydroxylation is 5. The molecular weight excluding hydrogens is 446 g/mol. The summed E-state index contributed by atoms with van der Waals surface area (Å²) < 4.78 is 17.3. The lowest BCUT2D eigenvalue weighted by Gasteiger charge is -2.11. The Bertz CT molecular complexity index is 1980. The number of furan rings is 2. The van der Waals surface area contributed by atoms with Gasteiger partial charge in [0.25, 0.3) is 5.82 Å². The van der Waals surface area contributed by atoms with Crippen LogP contribution in [-0.4, -0.2) is 9.55 Å². The van der Waals surface area contributed by atoms with Gasteiger partial charge in [-0.1, -0.05) is 30.3 Å². The number of aromatic nitrogens is 3. The molecule has 176 valence electrons. The van der Waals surface area contributed by atoms with Gasteiger partial charge in [-0.2, -0.15) is 4.57 Å². The average molecular weight is 473 g/mol. The minimum Gasteiger partial charge on any atom is -0.452 e. The van der Waals surface area contributed by atoms with Crippen molar-refractivity contribution in [1.29, 1.82) is 0 Å². The van der Waals surface area contributed by atoms with Gasteiger partial charge in [0.15, 0.2) is 22.2 Å². The predicted molar refractivity (Wildman–Crippen MR) is 144 cm³/mol. The van der Waals surface area contributed by atoms with Crippen LogP contribution < -0.4 is 4.57 Å². The Balaban J connectivity index is 1.57. The zero-order chi connectivity index (χ0) is 24.7. The number of hydrogen-bond donors (Lipinski definition) is 0. The Morgan fingerprint density at radius 2 is 1.50 bits per heavy atom. The number of pyridine rings is 1. The smallest absolute Gasteiger partial charge is 0.295 e. The molecule has 0 fully saturated rings. The monoisotopic (exact) mass is 472 g/mol. The molecule has 0 saturated heterocycles. The fourth-order valence-corrected chi connectivity index (χ4v) is 5.63. The lowest BCUT2D eigenvalue weighted by molar-refractivity contribution is -0.633. The Hall–Kier alpha value is -4.38. The minimum atomic E-state index is 0.619. The maximum atomic E-state index is 6.42. The summed E-state index contributed by atoms with van der Waals surface area (Å²) in [5.74, 6) is 1.11. The highest BCUT2D eigenvalue weighted by Crippen LogP contribution is 2.40. The van der Waals surface area contributed by atoms with E-state index in [1.165, 1.54) is 27.8 Å². The van der Waals surface area contributed by atoms with E-state index in [1.807, 2.05) is 19.1 Å². The Morgan fingerprint density at radius 1 is 0.750 bits per heavy atom. The first-order valence-electron chi connectivity index (χ1n) is 12.2. The van der Waals surface area contributed by atoms with Crippen molar-refractivity contribution < 1.29 is 13.4 Å². The molecule has 7 aromatic rings. The second-order valence-corrected chi connectivity index (χ2v) is 9.78. The highest BCUT2D eigenvalue weighted by Gasteiger charge is 2.30. The summed E-state index contributed by atoms with van der Waals surface area (Å²) in [6.07, 6.45) is 0. The van der Waals surface area contributed by atoms with Crippen LogP contribution in [0.5, 0.6) is 0 Å². The van der Waals surface area contributed by atoms with Crippen molar-refractivity contribution in [3.63, 3.8) is 0 Å². The van der Waals surface area contributed by atoms with Gasteiger partial charge in [-0.15, -0.1) is 0 Å². The summed E-state index contributed by atoms with van der Waals surface area (Å²) in [5, 5.41) is 1.88. The molecule has 0 amide bonds. The van der Waals surface area contributed by atoms with Crippen LogP contribution in [0.15, 0.2) is 75.6 Å². The number of fused-ring (bicyclic) bond motifs is 6. The van der Waals surface area contributed by atoms with E-state index in [0.29, 0.717) is 5.71 Å². The van der Waals surface area contributed by atoms with Gasteiger partial charge in [0, 0.05) is 5.69 Å². The highest BCUT2D eigenvalue weighted by molar-refractivity contribution is 6.12. The first kappa shape index (κ1) is 20.9. The molecule has 0 saturated carbocycles. The van der Waals surface area contributed by atoms with E-state index in [2.05, 4.69) is 96.5 Å². The molecule has 7 rings (SSSR count). The average Bonchev–Trinajstić information content (AvgIpc) is 3.47. The van der Waals surface area contributed by atoms with Crippen LogP contribution in [0.3, 0.4) is 0 Å². The summed E-state index contributed by atoms with van der Waals surface area (Å²) in [6.45, 7) is 8.48. The first-order chi connectivity index (χ1) is 17.4. The number of imidazole rings is 1. The molecule has 36 heavy (non-hydrogen) atoms. The van der Waals surface area contributed by atoms with E-state index < -0.39 is 0 Å². The Morgan fingerprint density at radius 3 is 2.31 bits per heavy atom. The number of para-hydroxylation sites is 3. The van der Waals surface area contributed by atoms with Crippen LogP contribution in [0.4, 0.5) is 0 Å². The maximum Gasteiger partial charge on any atom is 0.295 e. The van der Waals surface area contributed by atoms with Crippen LogP contribution in [0.1, 0.15) is 22.4 Å². The summed E-state index contributed by atoms with van der Waals surface area (Å²) in [5.41, 5.74) is 12.2. The minimum absolute atomic E-state index is 0.619. The van der Waals surface area contributed by atoms with Crippen LogP contribution in [0.2, 0.25) is 0 Å². The van der Waals surface area contributed by atoms with Crippen molar-refractivity contribution in [1.82, 2.24) is 9.55 Å². The van der Waals surface area contributed by atoms with Crippen LogP contribution in [0.25, 0.3) is 61.3 Å². The molecular formula is C31H26N3O2+. The molecule has 0 N–H and O–H groups in total. The number of rotatable bonds is 2. The predicted octanol–water partition coefficient (Wildman–Crippen LogP) is 7.40. The van der Waals surface area contributed by atoms with Gasteiger partial charge in [0.2, 0.25) is 5.71 Å². The molecule has 5 nitrogen and oxygen atoms in total. The zero-order valence-corrected chi connectivity index (χ0v) is 21.0. The van der Waals surface area contributed by atoms with Gasteiger partial charge in [0.1, 0.15) is 11.3 Å². The molecule has 4 heterocycles. The summed E-state index contributed by atoms with van der Waals surface area (Å²) >= 11 is 0. The Labute approximate surface area is 208 Å². The normalized spacial score (nSPS) is 12.0. The molecule has 5 heteroatoms. The second-order valence-electron chi connectivity index (χ2n) is 9.78. The summed E-state index contributed by atoms with van der Waals surface area (Å²) in [7, 11) is 2.14. The van der Waals surface area contributed by atoms with Crippen molar-refractivity contribution in [2.45, 2.75) is 27.7 Å². The van der Waals surface area contributed by atoms with Crippen molar-refractivity contribution in [3.8, 4) is 17.1 Å². The number of hydrogen-bond acceptors (Lipinski definition) is 3. The molecule has 0 aliphatic heterocycles. The van der Waals surface area contributed by atoms with Gasteiger partial charge in [0.05, 0.1) is 23.4 Å². The first-order valence-corrected chi connectivity index (χ1v) is 12.2. The van der Waals surface area contributed by atoms with Gasteiger partial charge in [-0.25, -0.2) is 9.55 Å². The third-order valence-corrected chi connectivity index (χ3v) is 7.35. The Kier molecular flexibility index (Phi) is 4.25. The molecule has 0 unspecified atom stereocenters. The number of benzene rings is 3. The molecule has 4 aromatic heterocycles. The third kappa shape index (κ3) is 2.77. The van der Waals surface area contributed by atoms with Crippen LogP contribution in [-0.2, 0) is 7.05 Å². The van der Waals surface area contributed by atoms with Gasteiger partial charge < -0.3 is 8.83 Å². The van der Waals surface area contributed by atoms with E-state index in [4.69, 9.17) is 8.83 Å². The topological polar surface area (TPSA) is 48.0 Å². The summed E-state index contributed by atoms with van der Waals surface area (Å²) in [4.78, 5) is 4.54. The largest absolute Gasteiger partial charge is 0.452 e. The zero-order valence-electron chi connectivity index (χ0n) is 21.0. The van der Waals surface area contributed by atoms with Crippen LogP contribution >= 0.6 is 0 Å². The van der Waals surface area contributed by atoms with Gasteiger partial charge >= 0.3 is 0 Å². The standard InChI is InChI=1S/C31H26N3O2/c1-17-9-8-10-18(2)27(17)34-25-12-7-6-11-24(25)33(5)31(34)22-16-26-23(15-19(22)3)29-28(35-26)21-14-13-20(4)32-30(21)36-29/h6-16H,1-5H3/q+1. The summed E-state index contributed by atoms with van der Waals surface area (Å²) in [6, 6.07) is 23.4. The maximum absolute atomic E-state index is 6.42.